The van der Waals surface area contributed by atoms with E-state index in [4.69, 9.17) is 14.2 Å². The molecule has 0 saturated heterocycles. The van der Waals surface area contributed by atoms with Crippen LogP contribution in [0.15, 0.2) is 77.7 Å². The highest BCUT2D eigenvalue weighted by Gasteiger charge is 2.28. The largest absolute Gasteiger partial charge is 0.497 e. The molecule has 0 spiro atoms. The number of rotatable bonds is 8. The summed E-state index contributed by atoms with van der Waals surface area (Å²) in [7, 11) is -2.50. The Kier molecular flexibility index (Phi) is 6.93. The van der Waals surface area contributed by atoms with Gasteiger partial charge >= 0.3 is 0 Å². The lowest BCUT2D eigenvalue weighted by atomic mass is 10.2. The second kappa shape index (κ2) is 10.0. The van der Waals surface area contributed by atoms with E-state index in [0.717, 1.165) is 9.87 Å². The van der Waals surface area contributed by atoms with Gasteiger partial charge in [-0.15, -0.1) is 0 Å². The van der Waals surface area contributed by atoms with Crippen molar-refractivity contribution in [2.24, 2.45) is 0 Å². The van der Waals surface area contributed by atoms with E-state index in [9.17, 15) is 13.2 Å². The number of aryl methyl sites for hydroxylation is 1. The molecule has 1 aliphatic rings. The van der Waals surface area contributed by atoms with Crippen molar-refractivity contribution in [2.45, 2.75) is 17.9 Å². The minimum atomic E-state index is -4.01. The first-order chi connectivity index (χ1) is 16.4. The van der Waals surface area contributed by atoms with Crippen LogP contribution in [0.25, 0.3) is 0 Å². The number of sulfonamides is 1. The Morgan fingerprint density at radius 2 is 1.71 bits per heavy atom. The second-order valence-corrected chi connectivity index (χ2v) is 9.69. The van der Waals surface area contributed by atoms with Crippen LogP contribution in [0.5, 0.6) is 17.2 Å². The first-order valence-corrected chi connectivity index (χ1v) is 12.2. The van der Waals surface area contributed by atoms with E-state index in [1.807, 2.05) is 25.1 Å². The number of para-hydroxylation sites is 2. The molecule has 1 aliphatic heterocycles. The smallest absolute Gasteiger partial charge is 0.264 e. The van der Waals surface area contributed by atoms with Crippen molar-refractivity contribution in [3.63, 3.8) is 0 Å². The molecule has 9 heteroatoms. The number of hydrogen-bond donors (Lipinski definition) is 1. The zero-order valence-corrected chi connectivity index (χ0v) is 19.7. The van der Waals surface area contributed by atoms with Crippen LogP contribution in [0.4, 0.5) is 5.69 Å². The lowest BCUT2D eigenvalue weighted by Gasteiger charge is -2.27. The average molecular weight is 483 g/mol. The van der Waals surface area contributed by atoms with Gasteiger partial charge in [-0.1, -0.05) is 29.8 Å². The molecule has 0 aromatic heterocycles. The zero-order valence-electron chi connectivity index (χ0n) is 18.9. The van der Waals surface area contributed by atoms with Crippen LogP contribution in [0.2, 0.25) is 0 Å². The summed E-state index contributed by atoms with van der Waals surface area (Å²) in [5.41, 5.74) is 1.37. The quantitative estimate of drug-likeness (QED) is 0.530. The molecule has 4 rings (SSSR count). The van der Waals surface area contributed by atoms with Crippen molar-refractivity contribution in [3.05, 3.63) is 78.4 Å². The molecule has 3 aromatic carbocycles. The SMILES string of the molecule is COc1ccc(S(=O)(=O)N(CC(=O)NC[C@H]2COc3ccccc3O2)c2ccc(C)cc2)cc1. The Hall–Kier alpha value is -3.72. The normalized spacial score (nSPS) is 14.8. The molecule has 1 atom stereocenters. The summed E-state index contributed by atoms with van der Waals surface area (Å²) in [6.07, 6.45) is -0.384. The highest BCUT2D eigenvalue weighted by atomic mass is 32.2. The molecule has 0 aliphatic carbocycles. The number of benzene rings is 3. The van der Waals surface area contributed by atoms with Gasteiger partial charge in [0.05, 0.1) is 24.2 Å². The number of carbonyl (C=O) groups excluding carboxylic acids is 1. The molecular weight excluding hydrogens is 456 g/mol. The summed E-state index contributed by atoms with van der Waals surface area (Å²) in [5.74, 6) is 1.34. The fourth-order valence-corrected chi connectivity index (χ4v) is 4.90. The fourth-order valence-electron chi connectivity index (χ4n) is 3.48. The molecular formula is C25H26N2O6S. The van der Waals surface area contributed by atoms with E-state index in [2.05, 4.69) is 5.32 Å². The van der Waals surface area contributed by atoms with Crippen molar-refractivity contribution < 1.29 is 27.4 Å². The highest BCUT2D eigenvalue weighted by molar-refractivity contribution is 7.92. The van der Waals surface area contributed by atoms with Crippen LogP contribution in [0, 0.1) is 6.92 Å². The van der Waals surface area contributed by atoms with E-state index < -0.39 is 15.9 Å². The number of amides is 1. The number of nitrogens with one attached hydrogen (secondary N) is 1. The summed E-state index contributed by atoms with van der Waals surface area (Å²) in [5, 5.41) is 2.77. The molecule has 0 fully saturated rings. The van der Waals surface area contributed by atoms with E-state index in [1.165, 1.54) is 19.2 Å². The van der Waals surface area contributed by atoms with Gasteiger partial charge in [0.2, 0.25) is 5.91 Å². The fraction of sp³-hybridized carbons (Fsp3) is 0.240. The van der Waals surface area contributed by atoms with Crippen molar-refractivity contribution >= 4 is 21.6 Å². The molecule has 1 heterocycles. The lowest BCUT2D eigenvalue weighted by Crippen LogP contribution is -2.45. The molecule has 3 aromatic rings. The summed E-state index contributed by atoms with van der Waals surface area (Å²) in [6, 6.07) is 20.3. The predicted octanol–water partition coefficient (Wildman–Crippen LogP) is 3.16. The molecule has 0 unspecified atom stereocenters. The van der Waals surface area contributed by atoms with Gasteiger partial charge in [0.25, 0.3) is 10.0 Å². The Labute approximate surface area is 199 Å². The van der Waals surface area contributed by atoms with E-state index >= 15 is 0 Å². The molecule has 0 radical (unpaired) electrons. The summed E-state index contributed by atoms with van der Waals surface area (Å²) in [4.78, 5) is 12.9. The van der Waals surface area contributed by atoms with E-state index in [-0.39, 0.29) is 30.7 Å². The maximum absolute atomic E-state index is 13.5. The van der Waals surface area contributed by atoms with Crippen LogP contribution in [-0.4, -0.2) is 47.2 Å². The molecule has 0 saturated carbocycles. The van der Waals surface area contributed by atoms with Crippen LogP contribution >= 0.6 is 0 Å². The van der Waals surface area contributed by atoms with Crippen molar-refractivity contribution in [1.29, 1.82) is 0 Å². The number of fused-ring (bicyclic) bond motifs is 1. The van der Waals surface area contributed by atoms with Gasteiger partial charge in [-0.25, -0.2) is 8.42 Å². The zero-order chi connectivity index (χ0) is 24.1. The summed E-state index contributed by atoms with van der Waals surface area (Å²) in [6.45, 7) is 1.98. The standard InChI is InChI=1S/C25H26N2O6S/c1-18-7-9-19(10-8-18)27(34(29,30)22-13-11-20(31-2)12-14-22)16-25(28)26-15-21-17-32-23-5-3-4-6-24(23)33-21/h3-14,21H,15-17H2,1-2H3,(H,26,28)/t21-/m0/s1. The number of carbonyl (C=O) groups is 1. The topological polar surface area (TPSA) is 94.2 Å². The number of methoxy groups -OCH3 is 1. The molecule has 34 heavy (non-hydrogen) atoms. The third-order valence-corrected chi connectivity index (χ3v) is 7.14. The third-order valence-electron chi connectivity index (χ3n) is 5.35. The Morgan fingerprint density at radius 3 is 2.38 bits per heavy atom. The van der Waals surface area contributed by atoms with Crippen molar-refractivity contribution in [1.82, 2.24) is 5.32 Å². The average Bonchev–Trinajstić information content (AvgIpc) is 2.86. The van der Waals surface area contributed by atoms with Gasteiger partial charge in [0, 0.05) is 0 Å². The first-order valence-electron chi connectivity index (χ1n) is 10.8. The molecule has 1 amide bonds. The van der Waals surface area contributed by atoms with Gasteiger partial charge in [0.1, 0.15) is 25.0 Å². The minimum Gasteiger partial charge on any atom is -0.497 e. The van der Waals surface area contributed by atoms with Crippen LogP contribution in [0.1, 0.15) is 5.56 Å². The van der Waals surface area contributed by atoms with Gasteiger partial charge in [0.15, 0.2) is 11.5 Å². The maximum Gasteiger partial charge on any atom is 0.264 e. The maximum atomic E-state index is 13.5. The Bertz CT molecular complexity index is 1240. The lowest BCUT2D eigenvalue weighted by molar-refractivity contribution is -0.120. The molecule has 178 valence electrons. The third kappa shape index (κ3) is 5.26. The molecule has 0 bridgehead atoms. The molecule has 1 N–H and O–H groups in total. The van der Waals surface area contributed by atoms with Gasteiger partial charge in [-0.2, -0.15) is 0 Å². The minimum absolute atomic E-state index is 0.0577. The monoisotopic (exact) mass is 482 g/mol. The first kappa shape index (κ1) is 23.4. The van der Waals surface area contributed by atoms with Crippen molar-refractivity contribution in [3.8, 4) is 17.2 Å². The number of ether oxygens (including phenoxy) is 3. The van der Waals surface area contributed by atoms with Crippen molar-refractivity contribution in [2.75, 3.05) is 31.1 Å². The van der Waals surface area contributed by atoms with Gasteiger partial charge < -0.3 is 19.5 Å². The number of nitrogens with zero attached hydrogens (tertiary/aromatic N) is 1. The summed E-state index contributed by atoms with van der Waals surface area (Å²) < 4.78 is 44.7. The predicted molar refractivity (Wildman–Crippen MR) is 128 cm³/mol. The number of hydrogen-bond acceptors (Lipinski definition) is 6. The summed E-state index contributed by atoms with van der Waals surface area (Å²) >= 11 is 0. The molecule has 8 nitrogen and oxygen atoms in total. The van der Waals surface area contributed by atoms with E-state index in [0.29, 0.717) is 22.9 Å². The second-order valence-electron chi connectivity index (χ2n) is 7.82. The van der Waals surface area contributed by atoms with Gasteiger partial charge in [-0.3, -0.25) is 9.10 Å². The van der Waals surface area contributed by atoms with Gasteiger partial charge in [-0.05, 0) is 55.5 Å². The number of anilines is 1. The Morgan fingerprint density at radius 1 is 1.03 bits per heavy atom. The Balaban J connectivity index is 1.49. The van der Waals surface area contributed by atoms with Crippen LogP contribution in [0.3, 0.4) is 0 Å². The van der Waals surface area contributed by atoms with E-state index in [1.54, 1.807) is 42.5 Å². The van der Waals surface area contributed by atoms with Crippen LogP contribution in [-0.2, 0) is 14.8 Å². The van der Waals surface area contributed by atoms with Crippen LogP contribution < -0.4 is 23.8 Å². The highest BCUT2D eigenvalue weighted by Crippen LogP contribution is 2.30.